The average Bonchev–Trinajstić information content (AvgIpc) is 2.37. The minimum atomic E-state index is 0.292. The molecule has 0 saturated heterocycles. The van der Waals surface area contributed by atoms with Crippen LogP contribution in [0.5, 0.6) is 0 Å². The van der Waals surface area contributed by atoms with Crippen molar-refractivity contribution in [2.75, 3.05) is 0 Å². The highest BCUT2D eigenvalue weighted by atomic mass is 15.2. The van der Waals surface area contributed by atoms with Gasteiger partial charge in [0.25, 0.3) is 0 Å². The van der Waals surface area contributed by atoms with Gasteiger partial charge in [0.05, 0.1) is 0 Å². The number of aromatic nitrogens is 1. The topological polar surface area (TPSA) is 19.0 Å². The Morgan fingerprint density at radius 3 is 2.67 bits per heavy atom. The van der Waals surface area contributed by atoms with E-state index in [-0.39, 0.29) is 0 Å². The molecule has 0 saturated carbocycles. The first kappa shape index (κ1) is 7.87. The molecular weight excluding hydrogens is 148 g/mol. The lowest BCUT2D eigenvalue weighted by molar-refractivity contribution is 0.135. The molecule has 2 rings (SSSR count). The number of nitrogens with zero attached hydrogens (tertiary/aromatic N) is 1. The van der Waals surface area contributed by atoms with Crippen molar-refractivity contribution in [3.8, 4) is 0 Å². The molecule has 0 aromatic carbocycles. The average molecular weight is 164 g/mol. The van der Waals surface area contributed by atoms with Crippen molar-refractivity contribution in [3.63, 3.8) is 0 Å². The Morgan fingerprint density at radius 2 is 2.08 bits per heavy atom. The van der Waals surface area contributed by atoms with E-state index in [2.05, 4.69) is 36.7 Å². The van der Waals surface area contributed by atoms with Crippen molar-refractivity contribution in [2.45, 2.75) is 39.4 Å². The predicted octanol–water partition coefficient (Wildman–Crippen LogP) is 2.13. The lowest BCUT2D eigenvalue weighted by Crippen LogP contribution is -2.37. The van der Waals surface area contributed by atoms with Crippen LogP contribution in [0, 0.1) is 0 Å². The zero-order chi connectivity index (χ0) is 8.77. The van der Waals surface area contributed by atoms with Crippen molar-refractivity contribution in [1.82, 2.24) is 9.88 Å². The Bertz CT molecular complexity index is 260. The molecule has 0 atom stereocenters. The fraction of sp³-hybridized carbons (Fsp3) is 0.600. The fourth-order valence-electron chi connectivity index (χ4n) is 1.66. The maximum Gasteiger partial charge on any atom is 0.0397 e. The Balaban J connectivity index is 2.18. The molecule has 66 valence electrons. The number of aromatic amines is 1. The van der Waals surface area contributed by atoms with E-state index >= 15 is 0 Å². The van der Waals surface area contributed by atoms with Crippen molar-refractivity contribution in [1.29, 1.82) is 0 Å². The first-order chi connectivity index (χ1) is 5.57. The Hall–Kier alpha value is -0.760. The van der Waals surface area contributed by atoms with Gasteiger partial charge in [0.15, 0.2) is 0 Å². The van der Waals surface area contributed by atoms with Crippen molar-refractivity contribution in [3.05, 3.63) is 23.5 Å². The van der Waals surface area contributed by atoms with Gasteiger partial charge in [0, 0.05) is 30.5 Å². The quantitative estimate of drug-likeness (QED) is 0.622. The summed E-state index contributed by atoms with van der Waals surface area (Å²) in [5.41, 5.74) is 3.15. The standard InChI is InChI=1S/C10H16N2/c1-10(2,3)12-6-8-4-5-11-9(8)7-12/h4-5,11H,6-7H2,1-3H3. The van der Waals surface area contributed by atoms with Crippen LogP contribution in [-0.4, -0.2) is 15.4 Å². The summed E-state index contributed by atoms with van der Waals surface area (Å²) in [4.78, 5) is 5.76. The lowest BCUT2D eigenvalue weighted by atomic mass is 10.1. The van der Waals surface area contributed by atoms with Gasteiger partial charge in [-0.15, -0.1) is 0 Å². The van der Waals surface area contributed by atoms with Crippen LogP contribution in [-0.2, 0) is 13.1 Å². The van der Waals surface area contributed by atoms with Crippen LogP contribution in [0.15, 0.2) is 12.3 Å². The van der Waals surface area contributed by atoms with Gasteiger partial charge in [-0.05, 0) is 32.4 Å². The summed E-state index contributed by atoms with van der Waals surface area (Å²) in [6, 6.07) is 2.18. The van der Waals surface area contributed by atoms with Crippen LogP contribution in [0.25, 0.3) is 0 Å². The van der Waals surface area contributed by atoms with E-state index < -0.39 is 0 Å². The van der Waals surface area contributed by atoms with Crippen molar-refractivity contribution in [2.24, 2.45) is 0 Å². The molecule has 0 aliphatic carbocycles. The molecule has 0 radical (unpaired) electrons. The summed E-state index contributed by atoms with van der Waals surface area (Å²) in [6.07, 6.45) is 2.03. The highest BCUT2D eigenvalue weighted by molar-refractivity contribution is 5.24. The maximum absolute atomic E-state index is 3.28. The molecule has 2 heteroatoms. The van der Waals surface area contributed by atoms with Gasteiger partial charge < -0.3 is 4.98 Å². The van der Waals surface area contributed by atoms with Crippen LogP contribution >= 0.6 is 0 Å². The first-order valence-electron chi connectivity index (χ1n) is 4.47. The zero-order valence-electron chi connectivity index (χ0n) is 8.02. The number of fused-ring (bicyclic) bond motifs is 1. The summed E-state index contributed by atoms with van der Waals surface area (Å²) in [5, 5.41) is 0. The summed E-state index contributed by atoms with van der Waals surface area (Å²) in [7, 11) is 0. The number of H-pyrrole nitrogens is 1. The number of hydrogen-bond acceptors (Lipinski definition) is 1. The van der Waals surface area contributed by atoms with Crippen molar-refractivity contribution < 1.29 is 0 Å². The van der Waals surface area contributed by atoms with E-state index in [1.54, 1.807) is 0 Å². The molecule has 0 bridgehead atoms. The predicted molar refractivity (Wildman–Crippen MR) is 49.8 cm³/mol. The van der Waals surface area contributed by atoms with Crippen LogP contribution in [0.2, 0.25) is 0 Å². The third kappa shape index (κ3) is 1.16. The van der Waals surface area contributed by atoms with E-state index in [4.69, 9.17) is 0 Å². The lowest BCUT2D eigenvalue weighted by Gasteiger charge is -2.31. The second kappa shape index (κ2) is 2.36. The molecule has 0 unspecified atom stereocenters. The van der Waals surface area contributed by atoms with E-state index in [1.807, 2.05) is 6.20 Å². The molecule has 0 fully saturated rings. The first-order valence-corrected chi connectivity index (χ1v) is 4.47. The molecular formula is C10H16N2. The zero-order valence-corrected chi connectivity index (χ0v) is 8.02. The highest BCUT2D eigenvalue weighted by Crippen LogP contribution is 2.27. The second-order valence-electron chi connectivity index (χ2n) is 4.51. The summed E-state index contributed by atoms with van der Waals surface area (Å²) in [6.45, 7) is 8.96. The SMILES string of the molecule is CC(C)(C)N1Cc2cc[nH]c2C1. The second-order valence-corrected chi connectivity index (χ2v) is 4.51. The molecule has 1 N–H and O–H groups in total. The largest absolute Gasteiger partial charge is 0.364 e. The normalized spacial score (nSPS) is 18.2. The number of rotatable bonds is 0. The third-order valence-electron chi connectivity index (χ3n) is 2.59. The number of hydrogen-bond donors (Lipinski definition) is 1. The molecule has 1 aliphatic heterocycles. The van der Waals surface area contributed by atoms with Crippen LogP contribution in [0.1, 0.15) is 32.0 Å². The van der Waals surface area contributed by atoms with Crippen LogP contribution in [0.4, 0.5) is 0 Å². The van der Waals surface area contributed by atoms with E-state index in [0.717, 1.165) is 13.1 Å². The Morgan fingerprint density at radius 1 is 1.33 bits per heavy atom. The smallest absolute Gasteiger partial charge is 0.0397 e. The van der Waals surface area contributed by atoms with Gasteiger partial charge in [-0.3, -0.25) is 4.90 Å². The summed E-state index contributed by atoms with van der Waals surface area (Å²) in [5.74, 6) is 0. The minimum Gasteiger partial charge on any atom is -0.364 e. The summed E-state index contributed by atoms with van der Waals surface area (Å²) < 4.78 is 0. The molecule has 1 aromatic heterocycles. The maximum atomic E-state index is 3.28. The van der Waals surface area contributed by atoms with Gasteiger partial charge in [0.1, 0.15) is 0 Å². The van der Waals surface area contributed by atoms with E-state index in [1.165, 1.54) is 11.3 Å². The van der Waals surface area contributed by atoms with Crippen LogP contribution < -0.4 is 0 Å². The molecule has 12 heavy (non-hydrogen) atoms. The van der Waals surface area contributed by atoms with Gasteiger partial charge in [0.2, 0.25) is 0 Å². The fourth-order valence-corrected chi connectivity index (χ4v) is 1.66. The molecule has 0 amide bonds. The monoisotopic (exact) mass is 164 g/mol. The van der Waals surface area contributed by atoms with E-state index in [0.29, 0.717) is 5.54 Å². The molecule has 1 aromatic rings. The molecule has 0 spiro atoms. The molecule has 2 heterocycles. The Kier molecular flexibility index (Phi) is 1.55. The minimum absolute atomic E-state index is 0.292. The van der Waals surface area contributed by atoms with Gasteiger partial charge in [-0.25, -0.2) is 0 Å². The number of nitrogens with one attached hydrogen (secondary N) is 1. The van der Waals surface area contributed by atoms with E-state index in [9.17, 15) is 0 Å². The van der Waals surface area contributed by atoms with Gasteiger partial charge in [-0.1, -0.05) is 0 Å². The molecule has 1 aliphatic rings. The van der Waals surface area contributed by atoms with Gasteiger partial charge >= 0.3 is 0 Å². The van der Waals surface area contributed by atoms with Gasteiger partial charge in [-0.2, -0.15) is 0 Å². The summed E-state index contributed by atoms with van der Waals surface area (Å²) >= 11 is 0. The molecule has 2 nitrogen and oxygen atoms in total. The Labute approximate surface area is 73.6 Å². The van der Waals surface area contributed by atoms with Crippen molar-refractivity contribution >= 4 is 0 Å². The third-order valence-corrected chi connectivity index (χ3v) is 2.59. The van der Waals surface area contributed by atoms with Crippen LogP contribution in [0.3, 0.4) is 0 Å². The highest BCUT2D eigenvalue weighted by Gasteiger charge is 2.28.